The molecule has 0 saturated heterocycles. The number of hydrogen-bond acceptors (Lipinski definition) is 3. The third-order valence-corrected chi connectivity index (χ3v) is 3.03. The number of aromatic hydroxyl groups is 2. The van der Waals surface area contributed by atoms with Gasteiger partial charge in [0, 0.05) is 5.56 Å². The first-order chi connectivity index (χ1) is 7.10. The lowest BCUT2D eigenvalue weighted by Crippen LogP contribution is -2.32. The molecule has 0 amide bonds. The van der Waals surface area contributed by atoms with Crippen molar-refractivity contribution in [1.82, 2.24) is 0 Å². The standard InChI is InChI=1S/C11H10FNO2/c12-9-8(14)3-2-7(10(9)15)11(6-13)4-1-5-11/h2-3,14-15H,1,4-5H2. The maximum absolute atomic E-state index is 13.2. The van der Waals surface area contributed by atoms with Crippen LogP contribution in [-0.4, -0.2) is 10.2 Å². The Labute approximate surface area is 86.4 Å². The Hall–Kier alpha value is -1.76. The Kier molecular flexibility index (Phi) is 2.04. The molecule has 1 aromatic rings. The van der Waals surface area contributed by atoms with Gasteiger partial charge < -0.3 is 10.2 Å². The van der Waals surface area contributed by atoms with Gasteiger partial charge in [-0.15, -0.1) is 0 Å². The lowest BCUT2D eigenvalue weighted by molar-refractivity contribution is 0.303. The molecule has 0 atom stereocenters. The molecule has 1 aliphatic rings. The first-order valence-corrected chi connectivity index (χ1v) is 4.73. The number of hydrogen-bond donors (Lipinski definition) is 2. The van der Waals surface area contributed by atoms with Crippen LogP contribution in [0, 0.1) is 17.1 Å². The molecule has 78 valence electrons. The summed E-state index contributed by atoms with van der Waals surface area (Å²) < 4.78 is 13.2. The summed E-state index contributed by atoms with van der Waals surface area (Å²) in [7, 11) is 0. The van der Waals surface area contributed by atoms with Crippen molar-refractivity contribution in [3.63, 3.8) is 0 Å². The molecule has 0 unspecified atom stereocenters. The molecule has 2 rings (SSSR count). The molecule has 1 aromatic carbocycles. The molecular weight excluding hydrogens is 197 g/mol. The fourth-order valence-electron chi connectivity index (χ4n) is 1.91. The Morgan fingerprint density at radius 2 is 2.00 bits per heavy atom. The van der Waals surface area contributed by atoms with Crippen LogP contribution in [0.15, 0.2) is 12.1 Å². The maximum atomic E-state index is 13.2. The lowest BCUT2D eigenvalue weighted by Gasteiger charge is -2.35. The first-order valence-electron chi connectivity index (χ1n) is 4.73. The third kappa shape index (κ3) is 1.23. The van der Waals surface area contributed by atoms with E-state index in [9.17, 15) is 9.50 Å². The smallest absolute Gasteiger partial charge is 0.206 e. The largest absolute Gasteiger partial charge is 0.505 e. The minimum atomic E-state index is -1.05. The number of halogens is 1. The molecule has 0 spiro atoms. The van der Waals surface area contributed by atoms with E-state index in [1.165, 1.54) is 12.1 Å². The summed E-state index contributed by atoms with van der Waals surface area (Å²) in [6.45, 7) is 0. The molecule has 0 heterocycles. The number of nitrogens with zero attached hydrogens (tertiary/aromatic N) is 1. The lowest BCUT2D eigenvalue weighted by atomic mass is 9.65. The molecule has 3 nitrogen and oxygen atoms in total. The van der Waals surface area contributed by atoms with Crippen molar-refractivity contribution >= 4 is 0 Å². The van der Waals surface area contributed by atoms with Crippen LogP contribution in [0.1, 0.15) is 24.8 Å². The van der Waals surface area contributed by atoms with Gasteiger partial charge in [-0.25, -0.2) is 0 Å². The van der Waals surface area contributed by atoms with E-state index in [4.69, 9.17) is 10.4 Å². The van der Waals surface area contributed by atoms with Crippen LogP contribution >= 0.6 is 0 Å². The van der Waals surface area contributed by atoms with Gasteiger partial charge in [-0.1, -0.05) is 0 Å². The van der Waals surface area contributed by atoms with Crippen LogP contribution < -0.4 is 0 Å². The number of benzene rings is 1. The van der Waals surface area contributed by atoms with Crippen molar-refractivity contribution < 1.29 is 14.6 Å². The molecular formula is C11H10FNO2. The molecule has 1 fully saturated rings. The highest BCUT2D eigenvalue weighted by molar-refractivity contribution is 5.49. The van der Waals surface area contributed by atoms with Gasteiger partial charge in [0.2, 0.25) is 5.82 Å². The normalized spacial score (nSPS) is 17.9. The first kappa shape index (κ1) is 9.78. The fourth-order valence-corrected chi connectivity index (χ4v) is 1.91. The SMILES string of the molecule is N#CC1(c2ccc(O)c(F)c2O)CCC1. The second kappa shape index (κ2) is 3.13. The van der Waals surface area contributed by atoms with Crippen LogP contribution in [0.3, 0.4) is 0 Å². The predicted octanol–water partition coefficient (Wildman–Crippen LogP) is 2.18. The van der Waals surface area contributed by atoms with E-state index in [2.05, 4.69) is 6.07 Å². The van der Waals surface area contributed by atoms with Crippen LogP contribution in [0.2, 0.25) is 0 Å². The van der Waals surface area contributed by atoms with Gasteiger partial charge in [-0.05, 0) is 31.4 Å². The zero-order valence-electron chi connectivity index (χ0n) is 8.00. The van der Waals surface area contributed by atoms with Crippen molar-refractivity contribution in [2.24, 2.45) is 0 Å². The van der Waals surface area contributed by atoms with E-state index >= 15 is 0 Å². The van der Waals surface area contributed by atoms with E-state index in [1.54, 1.807) is 0 Å². The van der Waals surface area contributed by atoms with Crippen LogP contribution in [0.25, 0.3) is 0 Å². The van der Waals surface area contributed by atoms with Gasteiger partial charge >= 0.3 is 0 Å². The topological polar surface area (TPSA) is 64.2 Å². The quantitative estimate of drug-likeness (QED) is 0.741. The summed E-state index contributed by atoms with van der Waals surface area (Å²) in [6, 6.07) is 4.69. The summed E-state index contributed by atoms with van der Waals surface area (Å²) in [5.41, 5.74) is -0.481. The fraction of sp³-hybridized carbons (Fsp3) is 0.364. The highest BCUT2D eigenvalue weighted by Crippen LogP contribution is 2.47. The molecule has 0 aliphatic heterocycles. The molecule has 0 aromatic heterocycles. The Balaban J connectivity index is 2.55. The van der Waals surface area contributed by atoms with E-state index < -0.39 is 22.7 Å². The maximum Gasteiger partial charge on any atom is 0.206 e. The molecule has 2 N–H and O–H groups in total. The molecule has 0 bridgehead atoms. The highest BCUT2D eigenvalue weighted by atomic mass is 19.1. The van der Waals surface area contributed by atoms with E-state index in [-0.39, 0.29) is 5.56 Å². The Morgan fingerprint density at radius 1 is 1.33 bits per heavy atom. The summed E-state index contributed by atoms with van der Waals surface area (Å²) in [4.78, 5) is 0. The number of rotatable bonds is 1. The van der Waals surface area contributed by atoms with Gasteiger partial charge in [-0.3, -0.25) is 0 Å². The third-order valence-electron chi connectivity index (χ3n) is 3.03. The molecule has 4 heteroatoms. The van der Waals surface area contributed by atoms with Crippen molar-refractivity contribution in [1.29, 1.82) is 5.26 Å². The van der Waals surface area contributed by atoms with Crippen molar-refractivity contribution in [2.75, 3.05) is 0 Å². The molecule has 0 radical (unpaired) electrons. The van der Waals surface area contributed by atoms with E-state index in [0.717, 1.165) is 6.42 Å². The van der Waals surface area contributed by atoms with Gasteiger partial charge in [-0.2, -0.15) is 9.65 Å². The van der Waals surface area contributed by atoms with E-state index in [0.29, 0.717) is 12.8 Å². The molecule has 1 aliphatic carbocycles. The number of phenols is 2. The minimum absolute atomic E-state index is 0.284. The Bertz CT molecular complexity index is 447. The van der Waals surface area contributed by atoms with Gasteiger partial charge in [0.05, 0.1) is 11.5 Å². The summed E-state index contributed by atoms with van der Waals surface area (Å²) in [5, 5.41) is 27.6. The van der Waals surface area contributed by atoms with Crippen LogP contribution in [-0.2, 0) is 5.41 Å². The van der Waals surface area contributed by atoms with E-state index in [1.807, 2.05) is 0 Å². The zero-order valence-corrected chi connectivity index (χ0v) is 8.00. The Morgan fingerprint density at radius 3 is 2.47 bits per heavy atom. The van der Waals surface area contributed by atoms with Crippen molar-refractivity contribution in [2.45, 2.75) is 24.7 Å². The average molecular weight is 207 g/mol. The second-order valence-electron chi connectivity index (χ2n) is 3.84. The van der Waals surface area contributed by atoms with Crippen molar-refractivity contribution in [3.05, 3.63) is 23.5 Å². The predicted molar refractivity (Wildman–Crippen MR) is 50.9 cm³/mol. The number of phenolic OH excluding ortho intramolecular Hbond substituents is 2. The van der Waals surface area contributed by atoms with Crippen LogP contribution in [0.5, 0.6) is 11.5 Å². The zero-order chi connectivity index (χ0) is 11.1. The van der Waals surface area contributed by atoms with Crippen LogP contribution in [0.4, 0.5) is 4.39 Å². The monoisotopic (exact) mass is 207 g/mol. The molecule has 1 saturated carbocycles. The van der Waals surface area contributed by atoms with Gasteiger partial charge in [0.25, 0.3) is 0 Å². The average Bonchev–Trinajstić information content (AvgIpc) is 2.17. The minimum Gasteiger partial charge on any atom is -0.505 e. The summed E-state index contributed by atoms with van der Waals surface area (Å²) >= 11 is 0. The highest BCUT2D eigenvalue weighted by Gasteiger charge is 2.41. The van der Waals surface area contributed by atoms with Crippen molar-refractivity contribution in [3.8, 4) is 17.6 Å². The second-order valence-corrected chi connectivity index (χ2v) is 3.84. The van der Waals surface area contributed by atoms with Gasteiger partial charge in [0.15, 0.2) is 11.5 Å². The number of nitriles is 1. The molecule has 15 heavy (non-hydrogen) atoms. The summed E-state index contributed by atoms with van der Waals surface area (Å²) in [6.07, 6.45) is 2.15. The van der Waals surface area contributed by atoms with Gasteiger partial charge in [0.1, 0.15) is 0 Å². The summed E-state index contributed by atoms with van der Waals surface area (Å²) in [5.74, 6) is -2.24.